The molecule has 3 unspecified atom stereocenters. The second-order valence-corrected chi connectivity index (χ2v) is 8.48. The van der Waals surface area contributed by atoms with Crippen LogP contribution in [0.5, 0.6) is 5.75 Å². The lowest BCUT2D eigenvalue weighted by molar-refractivity contribution is -0.0965. The van der Waals surface area contributed by atoms with Crippen LogP contribution in [-0.4, -0.2) is 53.6 Å². The Morgan fingerprint density at radius 3 is 2.42 bits per heavy atom. The van der Waals surface area contributed by atoms with Gasteiger partial charge in [-0.3, -0.25) is 4.99 Å². The summed E-state index contributed by atoms with van der Waals surface area (Å²) < 4.78 is 35.1. The number of ether oxygens (including phenoxy) is 1. The van der Waals surface area contributed by atoms with Crippen LogP contribution in [0.4, 0.5) is 8.78 Å². The number of fused-ring (bicyclic) bond motifs is 3. The Morgan fingerprint density at radius 1 is 1.24 bits per heavy atom. The first kappa shape index (κ1) is 27.1. The molecule has 0 aromatic heterocycles. The van der Waals surface area contributed by atoms with E-state index in [1.165, 1.54) is 27.8 Å². The quantitative estimate of drug-likeness (QED) is 0.400. The summed E-state index contributed by atoms with van der Waals surface area (Å²) in [6.07, 6.45) is 3.51. The van der Waals surface area contributed by atoms with Gasteiger partial charge in [0.15, 0.2) is 5.60 Å². The van der Waals surface area contributed by atoms with E-state index in [4.69, 9.17) is 9.84 Å². The molecule has 0 fully saturated rings. The van der Waals surface area contributed by atoms with Crippen LogP contribution in [0.1, 0.15) is 43.9 Å². The highest BCUT2D eigenvalue weighted by molar-refractivity contribution is 7.18. The van der Waals surface area contributed by atoms with E-state index in [0.29, 0.717) is 22.3 Å². The highest BCUT2D eigenvalue weighted by Crippen LogP contribution is 2.58. The molecule has 0 bridgehead atoms. The molecule has 0 amide bonds. The summed E-state index contributed by atoms with van der Waals surface area (Å²) in [7, 11) is 3.03. The van der Waals surface area contributed by atoms with Crippen LogP contribution < -0.4 is 4.74 Å². The number of benzene rings is 2. The molecule has 5 nitrogen and oxygen atoms in total. The summed E-state index contributed by atoms with van der Waals surface area (Å²) in [6, 6.07) is 9.52. The van der Waals surface area contributed by atoms with Crippen molar-refractivity contribution in [1.82, 2.24) is 0 Å². The fourth-order valence-corrected chi connectivity index (χ4v) is 4.02. The average molecular weight is 480 g/mol. The van der Waals surface area contributed by atoms with Gasteiger partial charge in [0.2, 0.25) is 0 Å². The van der Waals surface area contributed by atoms with Crippen LogP contribution >= 0.6 is 9.24 Å². The molecule has 180 valence electrons. The molecule has 2 aromatic rings. The van der Waals surface area contributed by atoms with Crippen LogP contribution in [0.25, 0.3) is 16.7 Å². The van der Waals surface area contributed by atoms with Crippen LogP contribution in [0, 0.1) is 0 Å². The molecular weight excluding hydrogens is 447 g/mol. The molecule has 2 aromatic carbocycles. The zero-order valence-corrected chi connectivity index (χ0v) is 20.5. The van der Waals surface area contributed by atoms with Gasteiger partial charge in [0, 0.05) is 24.4 Å². The number of nitrogens with zero attached hydrogens (tertiary/aromatic N) is 1. The lowest BCUT2D eigenvalue weighted by atomic mass is 9.89. The van der Waals surface area contributed by atoms with Gasteiger partial charge in [-0.2, -0.15) is 8.78 Å². The summed E-state index contributed by atoms with van der Waals surface area (Å²) in [6.45, 7) is 5.31. The maximum atomic E-state index is 14.8. The smallest absolute Gasteiger partial charge is 0.295 e. The van der Waals surface area contributed by atoms with Gasteiger partial charge < -0.3 is 20.1 Å². The summed E-state index contributed by atoms with van der Waals surface area (Å²) >= 11 is 0. The fourth-order valence-electron chi connectivity index (χ4n) is 3.71. The molecule has 3 N–H and O–H groups in total. The number of halogens is 2. The third kappa shape index (κ3) is 5.33. The van der Waals surface area contributed by atoms with Crippen LogP contribution in [0.2, 0.25) is 0 Å². The molecule has 0 spiro atoms. The second-order valence-electron chi connectivity index (χ2n) is 7.76. The molecule has 1 aliphatic carbocycles. The Balaban J connectivity index is 0.00000122. The number of hydrogen-bond acceptors (Lipinski definition) is 5. The third-order valence-corrected chi connectivity index (χ3v) is 5.53. The second kappa shape index (κ2) is 11.3. The zero-order valence-electron chi connectivity index (χ0n) is 19.3. The van der Waals surface area contributed by atoms with Crippen LogP contribution in [0.15, 0.2) is 47.5 Å². The predicted molar refractivity (Wildman–Crippen MR) is 132 cm³/mol. The summed E-state index contributed by atoms with van der Waals surface area (Å²) in [4.78, 5) is 4.05. The zero-order chi connectivity index (χ0) is 24.8. The average Bonchev–Trinajstić information content (AvgIpc) is 3.06. The minimum Gasteiger partial charge on any atom is -0.491 e. The largest absolute Gasteiger partial charge is 0.491 e. The number of hydrogen-bond donors (Lipinski definition) is 3. The van der Waals surface area contributed by atoms with Crippen molar-refractivity contribution < 1.29 is 28.8 Å². The van der Waals surface area contributed by atoms with Gasteiger partial charge >= 0.3 is 0 Å². The molecule has 1 aliphatic rings. The van der Waals surface area contributed by atoms with E-state index < -0.39 is 24.0 Å². The van der Waals surface area contributed by atoms with Gasteiger partial charge in [-0.15, -0.1) is 0 Å². The Labute approximate surface area is 196 Å². The fraction of sp³-hybridized carbons (Fsp3) is 0.400. The number of allylic oxidation sites excluding steroid dienone is 2. The summed E-state index contributed by atoms with van der Waals surface area (Å²) in [5.74, 6) is 0.181. The molecule has 0 saturated carbocycles. The monoisotopic (exact) mass is 479 g/mol. The molecular formula is C25H32F2NO4P. The van der Waals surface area contributed by atoms with Crippen LogP contribution in [0.3, 0.4) is 0 Å². The van der Waals surface area contributed by atoms with Crippen molar-refractivity contribution in [3.8, 4) is 16.9 Å². The Morgan fingerprint density at radius 2 is 1.88 bits per heavy atom. The normalized spacial score (nSPS) is 18.4. The standard InChI is InChI=1S/C22H24F2NO4P.C3H8/c1-3-13(10-25-2)17-8-15(29-12-14(27)11-26)9-19-20(17)16-6-4-5-7-18(16)21(19,28)22(23,24)30;1-3-2/h3-10,14,26-28H,11-12,30H2,1-2H3;3H2,1-2H3/b13-3+,25-10?;. The third-order valence-electron chi connectivity index (χ3n) is 5.11. The first-order chi connectivity index (χ1) is 15.6. The minimum atomic E-state index is -3.57. The first-order valence-corrected chi connectivity index (χ1v) is 11.4. The van der Waals surface area contributed by atoms with Gasteiger partial charge in [-0.1, -0.05) is 59.8 Å². The highest BCUT2D eigenvalue weighted by Gasteiger charge is 2.57. The minimum absolute atomic E-state index is 0.00135. The van der Waals surface area contributed by atoms with Gasteiger partial charge in [0.25, 0.3) is 5.66 Å². The summed E-state index contributed by atoms with van der Waals surface area (Å²) in [5, 5.41) is 30.0. The molecule has 0 saturated heterocycles. The van der Waals surface area contributed by atoms with Crippen molar-refractivity contribution >= 4 is 21.0 Å². The number of rotatable bonds is 7. The number of aliphatic imine (C=N–C) groups is 1. The predicted octanol–water partition coefficient (Wildman–Crippen LogP) is 4.62. The van der Waals surface area contributed by atoms with Gasteiger partial charge in [-0.05, 0) is 41.3 Å². The Hall–Kier alpha value is -2.18. The number of aliphatic hydroxyl groups excluding tert-OH is 2. The lowest BCUT2D eigenvalue weighted by Gasteiger charge is -2.32. The summed E-state index contributed by atoms with van der Waals surface area (Å²) in [5.41, 5.74) is -3.87. The number of aliphatic hydroxyl groups is 3. The SMILES string of the molecule is C/C=C(\C=NC)c1cc(OCC(O)CO)cc2c1-c1ccccc1C2(O)C(F)(F)P.CCC. The van der Waals surface area contributed by atoms with E-state index in [-0.39, 0.29) is 23.5 Å². The molecule has 0 heterocycles. The Kier molecular flexibility index (Phi) is 9.27. The van der Waals surface area contributed by atoms with Crippen molar-refractivity contribution in [2.75, 3.05) is 20.3 Å². The molecule has 3 rings (SSSR count). The van der Waals surface area contributed by atoms with Gasteiger partial charge in [0.1, 0.15) is 18.5 Å². The number of alkyl halides is 2. The van der Waals surface area contributed by atoms with E-state index >= 15 is 0 Å². The van der Waals surface area contributed by atoms with E-state index in [2.05, 4.69) is 18.8 Å². The van der Waals surface area contributed by atoms with Crippen molar-refractivity contribution in [2.45, 2.75) is 44.6 Å². The lowest BCUT2D eigenvalue weighted by Crippen LogP contribution is -2.40. The van der Waals surface area contributed by atoms with E-state index in [1.54, 1.807) is 50.5 Å². The van der Waals surface area contributed by atoms with Crippen molar-refractivity contribution in [3.05, 3.63) is 59.2 Å². The maximum Gasteiger partial charge on any atom is 0.295 e. The first-order valence-electron chi connectivity index (χ1n) is 10.8. The Bertz CT molecular complexity index is 1020. The maximum absolute atomic E-state index is 14.8. The molecule has 0 radical (unpaired) electrons. The van der Waals surface area contributed by atoms with E-state index in [0.717, 1.165) is 0 Å². The van der Waals surface area contributed by atoms with Crippen molar-refractivity contribution in [1.29, 1.82) is 0 Å². The van der Waals surface area contributed by atoms with E-state index in [9.17, 15) is 19.0 Å². The van der Waals surface area contributed by atoms with Gasteiger partial charge in [-0.25, -0.2) is 0 Å². The molecule has 33 heavy (non-hydrogen) atoms. The van der Waals surface area contributed by atoms with Crippen molar-refractivity contribution in [2.24, 2.45) is 4.99 Å². The molecule has 8 heteroatoms. The van der Waals surface area contributed by atoms with Crippen LogP contribution in [-0.2, 0) is 5.60 Å². The molecule has 0 aliphatic heterocycles. The van der Waals surface area contributed by atoms with E-state index in [1.807, 2.05) is 0 Å². The highest BCUT2D eigenvalue weighted by atomic mass is 31.0. The van der Waals surface area contributed by atoms with Crippen molar-refractivity contribution in [3.63, 3.8) is 0 Å². The topological polar surface area (TPSA) is 82.3 Å². The molecule has 3 atom stereocenters. The van der Waals surface area contributed by atoms with Gasteiger partial charge in [0.05, 0.1) is 6.61 Å².